The molecule has 0 aliphatic rings. The Morgan fingerprint density at radius 1 is 1.11 bits per heavy atom. The van der Waals surface area contributed by atoms with Gasteiger partial charge in [0.1, 0.15) is 0 Å². The normalized spacial score (nSPS) is 12.2. The minimum Gasteiger partial charge on any atom is -0.351 e. The standard InChI is InChI=1S/C20H27N3O3S/c1-20(2,3)17-10-8-16(9-11-17)19(24)22-13-14-23(27(4,25)26)15-18-7-5-6-12-21-18/h5-12H,13-15H2,1-4H3,(H,22,24). The largest absolute Gasteiger partial charge is 0.351 e. The summed E-state index contributed by atoms with van der Waals surface area (Å²) in [5, 5.41) is 2.78. The van der Waals surface area contributed by atoms with E-state index >= 15 is 0 Å². The first kappa shape index (κ1) is 21.1. The predicted molar refractivity (Wildman–Crippen MR) is 107 cm³/mol. The van der Waals surface area contributed by atoms with Crippen LogP contribution in [-0.2, 0) is 22.0 Å². The summed E-state index contributed by atoms with van der Waals surface area (Å²) in [6.07, 6.45) is 2.78. The first-order valence-corrected chi connectivity index (χ1v) is 10.7. The number of nitrogens with zero attached hydrogens (tertiary/aromatic N) is 2. The third kappa shape index (κ3) is 6.45. The number of sulfonamides is 1. The predicted octanol–water partition coefficient (Wildman–Crippen LogP) is 2.57. The number of nitrogens with one attached hydrogen (secondary N) is 1. The Morgan fingerprint density at radius 2 is 1.78 bits per heavy atom. The van der Waals surface area contributed by atoms with Gasteiger partial charge in [-0.1, -0.05) is 39.0 Å². The molecule has 27 heavy (non-hydrogen) atoms. The van der Waals surface area contributed by atoms with E-state index in [0.29, 0.717) is 11.3 Å². The lowest BCUT2D eigenvalue weighted by molar-refractivity contribution is 0.0951. The maximum atomic E-state index is 12.3. The molecule has 1 aromatic carbocycles. The highest BCUT2D eigenvalue weighted by Crippen LogP contribution is 2.22. The van der Waals surface area contributed by atoms with Crippen molar-refractivity contribution in [2.75, 3.05) is 19.3 Å². The molecular formula is C20H27N3O3S. The van der Waals surface area contributed by atoms with E-state index in [4.69, 9.17) is 0 Å². The fraction of sp³-hybridized carbons (Fsp3) is 0.400. The number of carbonyl (C=O) groups excluding carboxylic acids is 1. The monoisotopic (exact) mass is 389 g/mol. The minimum absolute atomic E-state index is 0.0243. The summed E-state index contributed by atoms with van der Waals surface area (Å²) in [5.41, 5.74) is 2.39. The highest BCUT2D eigenvalue weighted by atomic mass is 32.2. The molecule has 0 fully saturated rings. The van der Waals surface area contributed by atoms with Gasteiger partial charge in [-0.3, -0.25) is 9.78 Å². The zero-order chi connectivity index (χ0) is 20.1. The Bertz CT molecular complexity index is 858. The van der Waals surface area contributed by atoms with E-state index in [1.807, 2.05) is 18.2 Å². The fourth-order valence-electron chi connectivity index (χ4n) is 2.55. The van der Waals surface area contributed by atoms with E-state index < -0.39 is 10.0 Å². The highest BCUT2D eigenvalue weighted by Gasteiger charge is 2.18. The van der Waals surface area contributed by atoms with Crippen LogP contribution in [0.3, 0.4) is 0 Å². The number of hydrogen-bond donors (Lipinski definition) is 1. The molecule has 1 heterocycles. The van der Waals surface area contributed by atoms with Crippen LogP contribution in [0.15, 0.2) is 48.7 Å². The molecule has 2 aromatic rings. The Balaban J connectivity index is 1.95. The van der Waals surface area contributed by atoms with E-state index in [1.54, 1.807) is 30.5 Å². The Labute approximate surface area is 161 Å². The minimum atomic E-state index is -3.41. The summed E-state index contributed by atoms with van der Waals surface area (Å²) in [7, 11) is -3.41. The maximum Gasteiger partial charge on any atom is 0.251 e. The number of aromatic nitrogens is 1. The van der Waals surface area contributed by atoms with Crippen LogP contribution in [0.1, 0.15) is 42.4 Å². The van der Waals surface area contributed by atoms with Gasteiger partial charge < -0.3 is 5.32 Å². The molecular weight excluding hydrogens is 362 g/mol. The second-order valence-electron chi connectivity index (χ2n) is 7.50. The van der Waals surface area contributed by atoms with Crippen molar-refractivity contribution in [2.45, 2.75) is 32.7 Å². The lowest BCUT2D eigenvalue weighted by Gasteiger charge is -2.20. The van der Waals surface area contributed by atoms with Gasteiger partial charge in [0.05, 0.1) is 18.5 Å². The molecule has 1 N–H and O–H groups in total. The van der Waals surface area contributed by atoms with Crippen molar-refractivity contribution in [3.05, 3.63) is 65.5 Å². The van der Waals surface area contributed by atoms with Crippen LogP contribution < -0.4 is 5.32 Å². The van der Waals surface area contributed by atoms with Gasteiger partial charge in [-0.15, -0.1) is 0 Å². The average molecular weight is 390 g/mol. The van der Waals surface area contributed by atoms with Gasteiger partial charge in [0, 0.05) is 24.8 Å². The third-order valence-corrected chi connectivity index (χ3v) is 5.44. The van der Waals surface area contributed by atoms with Gasteiger partial charge in [0.15, 0.2) is 0 Å². The van der Waals surface area contributed by atoms with Crippen molar-refractivity contribution >= 4 is 15.9 Å². The summed E-state index contributed by atoms with van der Waals surface area (Å²) in [6, 6.07) is 12.8. The maximum absolute atomic E-state index is 12.3. The zero-order valence-electron chi connectivity index (χ0n) is 16.3. The van der Waals surface area contributed by atoms with E-state index in [1.165, 1.54) is 4.31 Å². The molecule has 0 radical (unpaired) electrons. The van der Waals surface area contributed by atoms with Crippen LogP contribution in [0.25, 0.3) is 0 Å². The molecule has 7 heteroatoms. The average Bonchev–Trinajstić information content (AvgIpc) is 2.60. The molecule has 6 nitrogen and oxygen atoms in total. The summed E-state index contributed by atoms with van der Waals surface area (Å²) < 4.78 is 25.3. The van der Waals surface area contributed by atoms with Crippen molar-refractivity contribution in [2.24, 2.45) is 0 Å². The first-order chi connectivity index (χ1) is 12.6. The van der Waals surface area contributed by atoms with E-state index in [0.717, 1.165) is 11.8 Å². The fourth-order valence-corrected chi connectivity index (χ4v) is 3.34. The van der Waals surface area contributed by atoms with Crippen molar-refractivity contribution in [3.8, 4) is 0 Å². The first-order valence-electron chi connectivity index (χ1n) is 8.81. The Hall–Kier alpha value is -2.25. The molecule has 2 rings (SSSR count). The number of rotatable bonds is 7. The zero-order valence-corrected chi connectivity index (χ0v) is 17.1. The molecule has 1 amide bonds. The van der Waals surface area contributed by atoms with Crippen LogP contribution in [0.4, 0.5) is 0 Å². The van der Waals surface area contributed by atoms with E-state index in [9.17, 15) is 13.2 Å². The lowest BCUT2D eigenvalue weighted by atomic mass is 9.87. The summed E-state index contributed by atoms with van der Waals surface area (Å²) in [6.45, 7) is 6.92. The lowest BCUT2D eigenvalue weighted by Crippen LogP contribution is -2.37. The second kappa shape index (κ2) is 8.63. The number of pyridine rings is 1. The summed E-state index contributed by atoms with van der Waals surface area (Å²) in [4.78, 5) is 16.5. The highest BCUT2D eigenvalue weighted by molar-refractivity contribution is 7.88. The van der Waals surface area contributed by atoms with Crippen molar-refractivity contribution < 1.29 is 13.2 Å². The molecule has 0 saturated heterocycles. The molecule has 0 atom stereocenters. The Morgan fingerprint density at radius 3 is 2.30 bits per heavy atom. The van der Waals surface area contributed by atoms with E-state index in [-0.39, 0.29) is 31.0 Å². The van der Waals surface area contributed by atoms with Crippen LogP contribution in [0.5, 0.6) is 0 Å². The number of hydrogen-bond acceptors (Lipinski definition) is 4. The number of benzene rings is 1. The van der Waals surface area contributed by atoms with Gasteiger partial charge in [-0.2, -0.15) is 4.31 Å². The van der Waals surface area contributed by atoms with Gasteiger partial charge in [0.2, 0.25) is 10.0 Å². The number of amides is 1. The Kier molecular flexibility index (Phi) is 6.73. The molecule has 0 aliphatic heterocycles. The molecule has 0 spiro atoms. The SMILES string of the molecule is CC(C)(C)c1ccc(C(=O)NCCN(Cc2ccccn2)S(C)(=O)=O)cc1. The van der Waals surface area contributed by atoms with Crippen LogP contribution >= 0.6 is 0 Å². The second-order valence-corrected chi connectivity index (χ2v) is 9.48. The molecule has 1 aromatic heterocycles. The summed E-state index contributed by atoms with van der Waals surface area (Å²) in [5.74, 6) is -0.221. The third-order valence-electron chi connectivity index (χ3n) is 4.19. The topological polar surface area (TPSA) is 79.4 Å². The van der Waals surface area contributed by atoms with Crippen molar-refractivity contribution in [1.82, 2.24) is 14.6 Å². The van der Waals surface area contributed by atoms with Gasteiger partial charge in [-0.05, 0) is 35.2 Å². The van der Waals surface area contributed by atoms with Crippen LogP contribution in [-0.4, -0.2) is 43.0 Å². The van der Waals surface area contributed by atoms with Crippen molar-refractivity contribution in [1.29, 1.82) is 0 Å². The molecule has 0 aliphatic carbocycles. The van der Waals surface area contributed by atoms with Crippen LogP contribution in [0, 0.1) is 0 Å². The molecule has 146 valence electrons. The summed E-state index contributed by atoms with van der Waals surface area (Å²) >= 11 is 0. The molecule has 0 saturated carbocycles. The molecule has 0 unspecified atom stereocenters. The van der Waals surface area contributed by atoms with E-state index in [2.05, 4.69) is 31.1 Å². The van der Waals surface area contributed by atoms with Crippen molar-refractivity contribution in [3.63, 3.8) is 0 Å². The smallest absolute Gasteiger partial charge is 0.251 e. The molecule has 0 bridgehead atoms. The van der Waals surface area contributed by atoms with Gasteiger partial charge >= 0.3 is 0 Å². The quantitative estimate of drug-likeness (QED) is 0.789. The van der Waals surface area contributed by atoms with Gasteiger partial charge in [0.25, 0.3) is 5.91 Å². The van der Waals surface area contributed by atoms with Gasteiger partial charge in [-0.25, -0.2) is 8.42 Å². The number of carbonyl (C=O) groups is 1. The van der Waals surface area contributed by atoms with Crippen LogP contribution in [0.2, 0.25) is 0 Å².